The van der Waals surface area contributed by atoms with Crippen LogP contribution in [0.15, 0.2) is 90.3 Å². The number of amides is 1. The number of para-hydroxylation sites is 1. The molecule has 0 fully saturated rings. The maximum Gasteiger partial charge on any atom is 0.261 e. The minimum Gasteiger partial charge on any atom is -0.490 e. The molecule has 0 saturated heterocycles. The first kappa shape index (κ1) is 21.1. The lowest BCUT2D eigenvalue weighted by molar-refractivity contribution is 0.102. The topological polar surface area (TPSA) is 84.5 Å². The van der Waals surface area contributed by atoms with E-state index in [4.69, 9.17) is 4.74 Å². The van der Waals surface area contributed by atoms with Crippen molar-refractivity contribution in [2.45, 2.75) is 11.8 Å². The molecule has 6 nitrogen and oxygen atoms in total. The number of benzene rings is 3. The van der Waals surface area contributed by atoms with Gasteiger partial charge in [0.15, 0.2) is 0 Å². The zero-order valence-electron chi connectivity index (χ0n) is 16.5. The lowest BCUT2D eigenvalue weighted by Crippen LogP contribution is -2.18. The van der Waals surface area contributed by atoms with Crippen LogP contribution >= 0.6 is 0 Å². The Hall–Kier alpha value is -3.58. The Bertz CT molecular complexity index is 1140. The SMILES string of the molecule is C=CCOc1ccc(NC(=O)c2ccccc2NS(=O)(=O)c2ccc(C)cc2)cc1. The molecule has 0 aliphatic rings. The Morgan fingerprint density at radius 2 is 1.67 bits per heavy atom. The van der Waals surface area contributed by atoms with Gasteiger partial charge in [-0.1, -0.05) is 42.5 Å². The molecule has 0 radical (unpaired) electrons. The van der Waals surface area contributed by atoms with E-state index in [1.807, 2.05) is 6.92 Å². The maximum atomic E-state index is 12.8. The molecule has 154 valence electrons. The Morgan fingerprint density at radius 3 is 2.33 bits per heavy atom. The van der Waals surface area contributed by atoms with E-state index in [0.29, 0.717) is 18.0 Å². The fourth-order valence-electron chi connectivity index (χ4n) is 2.68. The van der Waals surface area contributed by atoms with Crippen molar-refractivity contribution in [3.8, 4) is 5.75 Å². The quantitative estimate of drug-likeness (QED) is 0.519. The summed E-state index contributed by atoms with van der Waals surface area (Å²) in [7, 11) is -3.83. The Balaban J connectivity index is 1.78. The van der Waals surface area contributed by atoms with E-state index in [-0.39, 0.29) is 16.1 Å². The average molecular weight is 423 g/mol. The van der Waals surface area contributed by atoms with Gasteiger partial charge >= 0.3 is 0 Å². The Labute approximate surface area is 176 Å². The van der Waals surface area contributed by atoms with Crippen LogP contribution in [0.5, 0.6) is 5.75 Å². The van der Waals surface area contributed by atoms with E-state index in [0.717, 1.165) is 5.56 Å². The van der Waals surface area contributed by atoms with Gasteiger partial charge in [-0.2, -0.15) is 0 Å². The van der Waals surface area contributed by atoms with Gasteiger partial charge in [-0.25, -0.2) is 8.42 Å². The van der Waals surface area contributed by atoms with E-state index < -0.39 is 15.9 Å². The number of ether oxygens (including phenoxy) is 1. The van der Waals surface area contributed by atoms with E-state index in [9.17, 15) is 13.2 Å². The van der Waals surface area contributed by atoms with Crippen LogP contribution in [0.4, 0.5) is 11.4 Å². The first-order valence-electron chi connectivity index (χ1n) is 9.23. The van der Waals surface area contributed by atoms with Crippen LogP contribution in [0, 0.1) is 6.92 Å². The number of carbonyl (C=O) groups is 1. The standard InChI is InChI=1S/C23H22N2O4S/c1-3-16-29-19-12-10-18(11-13-19)24-23(26)21-6-4-5-7-22(21)25-30(27,28)20-14-8-17(2)9-15-20/h3-15,25H,1,16H2,2H3,(H,24,26). The van der Waals surface area contributed by atoms with Crippen molar-refractivity contribution in [1.82, 2.24) is 0 Å². The number of hydrogen-bond donors (Lipinski definition) is 2. The number of carbonyl (C=O) groups excluding carboxylic acids is 1. The molecule has 0 aliphatic carbocycles. The number of rotatable bonds is 8. The van der Waals surface area contributed by atoms with Crippen molar-refractivity contribution in [2.75, 3.05) is 16.6 Å². The summed E-state index contributed by atoms with van der Waals surface area (Å²) >= 11 is 0. The zero-order chi connectivity index (χ0) is 21.6. The van der Waals surface area contributed by atoms with Crippen LogP contribution in [-0.4, -0.2) is 20.9 Å². The van der Waals surface area contributed by atoms with Gasteiger partial charge in [0.2, 0.25) is 0 Å². The van der Waals surface area contributed by atoms with Gasteiger partial charge < -0.3 is 10.1 Å². The van der Waals surface area contributed by atoms with Crippen LogP contribution in [0.3, 0.4) is 0 Å². The van der Waals surface area contributed by atoms with Crippen LogP contribution in [0.1, 0.15) is 15.9 Å². The molecule has 2 N–H and O–H groups in total. The highest BCUT2D eigenvalue weighted by molar-refractivity contribution is 7.92. The molecule has 7 heteroatoms. The summed E-state index contributed by atoms with van der Waals surface area (Å²) in [6.07, 6.45) is 1.64. The molecule has 1 amide bonds. The van der Waals surface area contributed by atoms with E-state index in [1.165, 1.54) is 12.1 Å². The summed E-state index contributed by atoms with van der Waals surface area (Å²) in [5.41, 5.74) is 1.92. The molecule has 0 aromatic heterocycles. The third-order valence-electron chi connectivity index (χ3n) is 4.23. The van der Waals surface area contributed by atoms with Crippen LogP contribution in [0.2, 0.25) is 0 Å². The number of aryl methyl sites for hydroxylation is 1. The van der Waals surface area contributed by atoms with Crippen molar-refractivity contribution < 1.29 is 17.9 Å². The minimum absolute atomic E-state index is 0.124. The summed E-state index contributed by atoms with van der Waals surface area (Å²) in [5.74, 6) is 0.219. The summed E-state index contributed by atoms with van der Waals surface area (Å²) in [4.78, 5) is 12.9. The molecule has 3 rings (SSSR count). The molecule has 0 spiro atoms. The van der Waals surface area contributed by atoms with Gasteiger partial charge in [-0.15, -0.1) is 0 Å². The molecule has 0 atom stereocenters. The normalized spacial score (nSPS) is 10.8. The summed E-state index contributed by atoms with van der Waals surface area (Å²) < 4.78 is 33.3. The predicted octanol–water partition coefficient (Wildman–Crippen LogP) is 4.61. The third-order valence-corrected chi connectivity index (χ3v) is 5.61. The first-order chi connectivity index (χ1) is 14.4. The van der Waals surface area contributed by atoms with E-state index in [2.05, 4.69) is 16.6 Å². The summed E-state index contributed by atoms with van der Waals surface area (Å²) in [6, 6.07) is 19.8. The smallest absolute Gasteiger partial charge is 0.261 e. The highest BCUT2D eigenvalue weighted by Gasteiger charge is 2.18. The van der Waals surface area contributed by atoms with Crippen LogP contribution in [-0.2, 0) is 10.0 Å². The van der Waals surface area contributed by atoms with Gasteiger partial charge in [0.1, 0.15) is 12.4 Å². The van der Waals surface area contributed by atoms with Crippen molar-refractivity contribution in [3.63, 3.8) is 0 Å². The second-order valence-corrected chi connectivity index (χ2v) is 8.22. The zero-order valence-corrected chi connectivity index (χ0v) is 17.3. The molecule has 0 unspecified atom stereocenters. The second kappa shape index (κ2) is 9.28. The number of nitrogens with one attached hydrogen (secondary N) is 2. The molecule has 0 saturated carbocycles. The number of anilines is 2. The van der Waals surface area contributed by atoms with Crippen molar-refractivity contribution in [2.24, 2.45) is 0 Å². The highest BCUT2D eigenvalue weighted by atomic mass is 32.2. The van der Waals surface area contributed by atoms with Gasteiger partial charge in [0.25, 0.3) is 15.9 Å². The summed E-state index contributed by atoms with van der Waals surface area (Å²) in [6.45, 7) is 5.86. The van der Waals surface area contributed by atoms with Gasteiger partial charge in [0, 0.05) is 5.69 Å². The third kappa shape index (κ3) is 5.27. The van der Waals surface area contributed by atoms with Crippen molar-refractivity contribution >= 4 is 27.3 Å². The molecule has 0 bridgehead atoms. The molecule has 30 heavy (non-hydrogen) atoms. The molecular formula is C23H22N2O4S. The second-order valence-electron chi connectivity index (χ2n) is 6.54. The molecule has 0 heterocycles. The lowest BCUT2D eigenvalue weighted by Gasteiger charge is -2.13. The fourth-order valence-corrected chi connectivity index (χ4v) is 3.76. The van der Waals surface area contributed by atoms with Gasteiger partial charge in [-0.3, -0.25) is 9.52 Å². The molecular weight excluding hydrogens is 400 g/mol. The van der Waals surface area contributed by atoms with Crippen molar-refractivity contribution in [1.29, 1.82) is 0 Å². The Morgan fingerprint density at radius 1 is 1.00 bits per heavy atom. The van der Waals surface area contributed by atoms with Crippen molar-refractivity contribution in [3.05, 3.63) is 96.6 Å². The lowest BCUT2D eigenvalue weighted by atomic mass is 10.1. The van der Waals surface area contributed by atoms with E-state index >= 15 is 0 Å². The van der Waals surface area contributed by atoms with Crippen LogP contribution < -0.4 is 14.8 Å². The fraction of sp³-hybridized carbons (Fsp3) is 0.0870. The summed E-state index contributed by atoms with van der Waals surface area (Å²) in [5, 5.41) is 2.77. The average Bonchev–Trinajstić information content (AvgIpc) is 2.73. The monoisotopic (exact) mass is 422 g/mol. The van der Waals surface area contributed by atoms with Crippen LogP contribution in [0.25, 0.3) is 0 Å². The predicted molar refractivity (Wildman–Crippen MR) is 119 cm³/mol. The number of hydrogen-bond acceptors (Lipinski definition) is 4. The largest absolute Gasteiger partial charge is 0.490 e. The Kier molecular flexibility index (Phi) is 6.54. The van der Waals surface area contributed by atoms with Gasteiger partial charge in [-0.05, 0) is 55.5 Å². The number of sulfonamides is 1. The first-order valence-corrected chi connectivity index (χ1v) is 10.7. The van der Waals surface area contributed by atoms with E-state index in [1.54, 1.807) is 66.7 Å². The maximum absolute atomic E-state index is 12.8. The van der Waals surface area contributed by atoms with Gasteiger partial charge in [0.05, 0.1) is 16.1 Å². The minimum atomic E-state index is -3.83. The molecule has 0 aliphatic heterocycles. The molecule has 3 aromatic carbocycles. The molecule has 3 aromatic rings. The highest BCUT2D eigenvalue weighted by Crippen LogP contribution is 2.22.